The predicted molar refractivity (Wildman–Crippen MR) is 95.7 cm³/mol. The number of carbonyl (C=O) groups is 1. The molecule has 1 saturated carbocycles. The Morgan fingerprint density at radius 3 is 2.83 bits per heavy atom. The van der Waals surface area contributed by atoms with Crippen molar-refractivity contribution in [2.45, 2.75) is 38.3 Å². The minimum atomic E-state index is 0.107. The largest absolute Gasteiger partial charge is 0.354 e. The molecule has 0 radical (unpaired) electrons. The van der Waals surface area contributed by atoms with Crippen LogP contribution in [0, 0.1) is 5.92 Å². The highest BCUT2D eigenvalue weighted by atomic mass is 16.1. The van der Waals surface area contributed by atoms with Crippen molar-refractivity contribution in [1.82, 2.24) is 15.2 Å². The second-order valence-corrected chi connectivity index (χ2v) is 7.15. The first-order chi connectivity index (χ1) is 11.6. The molecular weight excluding hydrogens is 302 g/mol. The van der Waals surface area contributed by atoms with Gasteiger partial charge in [0.1, 0.15) is 5.82 Å². The third kappa shape index (κ3) is 4.45. The molecule has 0 aromatic carbocycles. The van der Waals surface area contributed by atoms with Crippen molar-refractivity contribution in [1.29, 1.82) is 0 Å². The number of carbonyl (C=O) groups excluding carboxylic acids is 1. The van der Waals surface area contributed by atoms with E-state index in [2.05, 4.69) is 33.2 Å². The molecule has 2 fully saturated rings. The molecule has 6 heteroatoms. The number of rotatable bonds is 5. The zero-order chi connectivity index (χ0) is 16.9. The summed E-state index contributed by atoms with van der Waals surface area (Å²) in [6.07, 6.45) is 5.67. The molecule has 3 N–H and O–H groups in total. The van der Waals surface area contributed by atoms with Crippen LogP contribution in [0.2, 0.25) is 0 Å². The summed E-state index contributed by atoms with van der Waals surface area (Å²) in [5.74, 6) is 1.46. The number of hydrogen-bond donors (Lipinski definition) is 2. The van der Waals surface area contributed by atoms with Gasteiger partial charge in [0.25, 0.3) is 0 Å². The molecule has 2 heterocycles. The fourth-order valence-electron chi connectivity index (χ4n) is 3.61. The Balaban J connectivity index is 1.50. The highest BCUT2D eigenvalue weighted by Crippen LogP contribution is 2.26. The summed E-state index contributed by atoms with van der Waals surface area (Å²) in [6.45, 7) is 4.68. The van der Waals surface area contributed by atoms with Crippen molar-refractivity contribution in [3.8, 4) is 0 Å². The molecule has 1 aromatic rings. The summed E-state index contributed by atoms with van der Waals surface area (Å²) in [7, 11) is 2.15. The van der Waals surface area contributed by atoms with E-state index in [-0.39, 0.29) is 11.9 Å². The van der Waals surface area contributed by atoms with E-state index in [0.29, 0.717) is 18.9 Å². The van der Waals surface area contributed by atoms with Crippen molar-refractivity contribution in [3.05, 3.63) is 23.9 Å². The van der Waals surface area contributed by atoms with Gasteiger partial charge < -0.3 is 20.9 Å². The van der Waals surface area contributed by atoms with Crippen LogP contribution >= 0.6 is 0 Å². The van der Waals surface area contributed by atoms with Crippen LogP contribution in [0.5, 0.6) is 0 Å². The van der Waals surface area contributed by atoms with Crippen molar-refractivity contribution in [3.63, 3.8) is 0 Å². The van der Waals surface area contributed by atoms with Crippen molar-refractivity contribution in [2.24, 2.45) is 11.7 Å². The normalized spacial score (nSPS) is 25.0. The maximum Gasteiger partial charge on any atom is 0.220 e. The minimum absolute atomic E-state index is 0.107. The molecule has 1 saturated heterocycles. The molecule has 132 valence electrons. The van der Waals surface area contributed by atoms with Gasteiger partial charge in [0.2, 0.25) is 5.91 Å². The molecule has 1 aliphatic carbocycles. The Labute approximate surface area is 144 Å². The van der Waals surface area contributed by atoms with E-state index < -0.39 is 0 Å². The van der Waals surface area contributed by atoms with E-state index in [1.165, 1.54) is 0 Å². The molecule has 0 bridgehead atoms. The van der Waals surface area contributed by atoms with Gasteiger partial charge in [0.15, 0.2) is 0 Å². The number of pyridine rings is 1. The van der Waals surface area contributed by atoms with Gasteiger partial charge in [-0.2, -0.15) is 0 Å². The molecule has 1 aliphatic heterocycles. The summed E-state index contributed by atoms with van der Waals surface area (Å²) >= 11 is 0. The molecule has 24 heavy (non-hydrogen) atoms. The van der Waals surface area contributed by atoms with Crippen LogP contribution in [0.3, 0.4) is 0 Å². The van der Waals surface area contributed by atoms with Gasteiger partial charge in [-0.15, -0.1) is 0 Å². The quantitative estimate of drug-likeness (QED) is 0.841. The molecule has 3 rings (SSSR count). The van der Waals surface area contributed by atoms with Crippen LogP contribution in [-0.4, -0.2) is 55.1 Å². The molecule has 0 spiro atoms. The van der Waals surface area contributed by atoms with E-state index in [1.807, 2.05) is 12.3 Å². The Bertz CT molecular complexity index is 556. The number of piperazine rings is 1. The summed E-state index contributed by atoms with van der Waals surface area (Å²) < 4.78 is 0. The Hall–Kier alpha value is -1.66. The van der Waals surface area contributed by atoms with Gasteiger partial charge in [-0.05, 0) is 43.5 Å². The van der Waals surface area contributed by atoms with Crippen LogP contribution < -0.4 is 16.0 Å². The van der Waals surface area contributed by atoms with Crippen molar-refractivity contribution >= 4 is 11.7 Å². The van der Waals surface area contributed by atoms with E-state index >= 15 is 0 Å². The Morgan fingerprint density at radius 2 is 2.12 bits per heavy atom. The molecule has 1 amide bonds. The maximum absolute atomic E-state index is 12.1. The summed E-state index contributed by atoms with van der Waals surface area (Å²) in [5, 5.41) is 3.03. The number of likely N-dealkylation sites (N-methyl/N-ethyl adjacent to an activating group) is 1. The topological polar surface area (TPSA) is 74.5 Å². The first-order valence-electron chi connectivity index (χ1n) is 9.02. The average molecular weight is 331 g/mol. The van der Waals surface area contributed by atoms with E-state index in [0.717, 1.165) is 56.8 Å². The van der Waals surface area contributed by atoms with Gasteiger partial charge in [-0.25, -0.2) is 4.98 Å². The van der Waals surface area contributed by atoms with Crippen LogP contribution in [0.25, 0.3) is 0 Å². The third-order valence-corrected chi connectivity index (χ3v) is 5.29. The molecule has 0 unspecified atom stereocenters. The van der Waals surface area contributed by atoms with Gasteiger partial charge in [0.05, 0.1) is 0 Å². The molecular formula is C18H29N5O. The lowest BCUT2D eigenvalue weighted by atomic mass is 10.00. The number of amides is 1. The Kier molecular flexibility index (Phi) is 5.68. The second kappa shape index (κ2) is 7.94. The molecule has 6 nitrogen and oxygen atoms in total. The van der Waals surface area contributed by atoms with Crippen molar-refractivity contribution < 1.29 is 4.79 Å². The first-order valence-corrected chi connectivity index (χ1v) is 9.02. The molecule has 2 aliphatic rings. The van der Waals surface area contributed by atoms with E-state index in [4.69, 9.17) is 5.73 Å². The van der Waals surface area contributed by atoms with Crippen LogP contribution in [0.1, 0.15) is 31.2 Å². The van der Waals surface area contributed by atoms with Crippen molar-refractivity contribution in [2.75, 3.05) is 38.1 Å². The summed E-state index contributed by atoms with van der Waals surface area (Å²) in [5.41, 5.74) is 7.15. The maximum atomic E-state index is 12.1. The minimum Gasteiger partial charge on any atom is -0.354 e. The smallest absolute Gasteiger partial charge is 0.220 e. The number of anilines is 1. The highest BCUT2D eigenvalue weighted by molar-refractivity contribution is 5.76. The summed E-state index contributed by atoms with van der Waals surface area (Å²) in [6, 6.07) is 4.26. The van der Waals surface area contributed by atoms with Gasteiger partial charge in [-0.1, -0.05) is 6.42 Å². The van der Waals surface area contributed by atoms with Gasteiger partial charge in [0, 0.05) is 51.4 Å². The Morgan fingerprint density at radius 1 is 1.33 bits per heavy atom. The molecule has 1 aromatic heterocycles. The van der Waals surface area contributed by atoms with Crippen LogP contribution in [0.4, 0.5) is 5.82 Å². The SMILES string of the molecule is CN1CCN(c2cc(CNC(=O)C[C@@H]3CCC[C@H]3N)ccn2)CC1. The second-order valence-electron chi connectivity index (χ2n) is 7.15. The zero-order valence-corrected chi connectivity index (χ0v) is 14.6. The lowest BCUT2D eigenvalue weighted by Crippen LogP contribution is -2.44. The fourth-order valence-corrected chi connectivity index (χ4v) is 3.61. The van der Waals surface area contributed by atoms with E-state index in [1.54, 1.807) is 0 Å². The van der Waals surface area contributed by atoms with Crippen LogP contribution in [0.15, 0.2) is 18.3 Å². The van der Waals surface area contributed by atoms with E-state index in [9.17, 15) is 4.79 Å². The fraction of sp³-hybridized carbons (Fsp3) is 0.667. The molecule has 2 atom stereocenters. The average Bonchev–Trinajstić information content (AvgIpc) is 2.99. The van der Waals surface area contributed by atoms with Crippen LogP contribution in [-0.2, 0) is 11.3 Å². The number of aromatic nitrogens is 1. The number of nitrogens with one attached hydrogen (secondary N) is 1. The predicted octanol–water partition coefficient (Wildman–Crippen LogP) is 0.967. The number of hydrogen-bond acceptors (Lipinski definition) is 5. The number of nitrogens with two attached hydrogens (primary N) is 1. The lowest BCUT2D eigenvalue weighted by molar-refractivity contribution is -0.122. The first kappa shape index (κ1) is 17.2. The number of nitrogens with zero attached hydrogens (tertiary/aromatic N) is 3. The third-order valence-electron chi connectivity index (χ3n) is 5.29. The van der Waals surface area contributed by atoms with Gasteiger partial charge >= 0.3 is 0 Å². The highest BCUT2D eigenvalue weighted by Gasteiger charge is 2.25. The lowest BCUT2D eigenvalue weighted by Gasteiger charge is -2.33. The zero-order valence-electron chi connectivity index (χ0n) is 14.6. The summed E-state index contributed by atoms with van der Waals surface area (Å²) in [4.78, 5) is 21.3. The standard InChI is InChI=1S/C18H29N5O/c1-22-7-9-23(10-8-22)17-11-14(5-6-20-17)13-21-18(24)12-15-3-2-4-16(15)19/h5-6,11,15-16H,2-4,7-10,12-13,19H2,1H3,(H,21,24)/t15-,16+/m0/s1. The van der Waals surface area contributed by atoms with Gasteiger partial charge in [-0.3, -0.25) is 4.79 Å². The monoisotopic (exact) mass is 331 g/mol.